The maximum atomic E-state index is 13.0. The highest BCUT2D eigenvalue weighted by Gasteiger charge is 2.15. The van der Waals surface area contributed by atoms with Crippen molar-refractivity contribution in [3.05, 3.63) is 90.0 Å². The van der Waals surface area contributed by atoms with Gasteiger partial charge in [0.25, 0.3) is 15.9 Å². The molecule has 1 heterocycles. The highest BCUT2D eigenvalue weighted by atomic mass is 32.2. The van der Waals surface area contributed by atoms with E-state index < -0.39 is 15.8 Å². The second kappa shape index (κ2) is 8.80. The number of nitrogens with one attached hydrogen (secondary N) is 2. The standard InChI is InChI=1S/C23H21FN4O3S/c1-16-26-21-4-2-3-5-22(21)28(16)15-14-25-23(29)17-6-10-19(11-7-17)27-32(30,31)20-12-8-18(24)9-13-20/h2-13,27H,14-15H2,1H3,(H,25,29). The van der Waals surface area contributed by atoms with Gasteiger partial charge in [0.05, 0.1) is 15.9 Å². The summed E-state index contributed by atoms with van der Waals surface area (Å²) in [6, 6.07) is 18.4. The summed E-state index contributed by atoms with van der Waals surface area (Å²) in [4.78, 5) is 16.9. The highest BCUT2D eigenvalue weighted by molar-refractivity contribution is 7.92. The van der Waals surface area contributed by atoms with E-state index in [0.29, 0.717) is 24.3 Å². The maximum Gasteiger partial charge on any atom is 0.261 e. The van der Waals surface area contributed by atoms with Gasteiger partial charge < -0.3 is 9.88 Å². The Bertz CT molecular complexity index is 1360. The second-order valence-corrected chi connectivity index (χ2v) is 8.87. The van der Waals surface area contributed by atoms with E-state index in [9.17, 15) is 17.6 Å². The molecule has 4 aromatic rings. The van der Waals surface area contributed by atoms with Crippen molar-refractivity contribution >= 4 is 32.7 Å². The van der Waals surface area contributed by atoms with Gasteiger partial charge in [0.2, 0.25) is 0 Å². The summed E-state index contributed by atoms with van der Waals surface area (Å²) >= 11 is 0. The van der Waals surface area contributed by atoms with Crippen molar-refractivity contribution in [1.82, 2.24) is 14.9 Å². The fraction of sp³-hybridized carbons (Fsp3) is 0.130. The van der Waals surface area contributed by atoms with Crippen LogP contribution in [0.25, 0.3) is 11.0 Å². The van der Waals surface area contributed by atoms with Crippen molar-refractivity contribution < 1.29 is 17.6 Å². The number of hydrogen-bond acceptors (Lipinski definition) is 4. The molecule has 0 unspecified atom stereocenters. The van der Waals surface area contributed by atoms with Gasteiger partial charge in [0.1, 0.15) is 11.6 Å². The van der Waals surface area contributed by atoms with Crippen LogP contribution in [-0.4, -0.2) is 30.4 Å². The fourth-order valence-corrected chi connectivity index (χ4v) is 4.44. The Labute approximate surface area is 185 Å². The molecule has 0 saturated carbocycles. The van der Waals surface area contributed by atoms with Crippen LogP contribution in [0.1, 0.15) is 16.2 Å². The smallest absolute Gasteiger partial charge is 0.261 e. The number of nitrogens with zero attached hydrogens (tertiary/aromatic N) is 2. The van der Waals surface area contributed by atoms with Crippen molar-refractivity contribution in [3.8, 4) is 0 Å². The molecular formula is C23H21FN4O3S. The van der Waals surface area contributed by atoms with E-state index in [-0.39, 0.29) is 10.8 Å². The molecule has 0 aliphatic heterocycles. The van der Waals surface area contributed by atoms with Crippen molar-refractivity contribution in [2.24, 2.45) is 0 Å². The molecule has 7 nitrogen and oxygen atoms in total. The van der Waals surface area contributed by atoms with Gasteiger partial charge in [-0.1, -0.05) is 12.1 Å². The number of benzene rings is 3. The first-order chi connectivity index (χ1) is 15.3. The lowest BCUT2D eigenvalue weighted by Crippen LogP contribution is -2.27. The first kappa shape index (κ1) is 21.5. The van der Waals surface area contributed by atoms with E-state index in [0.717, 1.165) is 29.0 Å². The Balaban J connectivity index is 1.37. The Morgan fingerprint density at radius 2 is 1.69 bits per heavy atom. The summed E-state index contributed by atoms with van der Waals surface area (Å²) in [7, 11) is -3.85. The first-order valence-corrected chi connectivity index (χ1v) is 11.4. The molecule has 9 heteroatoms. The van der Waals surface area contributed by atoms with Crippen LogP contribution in [0.15, 0.2) is 77.7 Å². The summed E-state index contributed by atoms with van der Waals surface area (Å²) in [5, 5.41) is 2.87. The van der Waals surface area contributed by atoms with Crippen LogP contribution in [0.2, 0.25) is 0 Å². The van der Waals surface area contributed by atoms with E-state index in [1.807, 2.05) is 35.8 Å². The number of rotatable bonds is 7. The summed E-state index contributed by atoms with van der Waals surface area (Å²) < 4.78 is 42.3. The molecule has 0 aliphatic rings. The lowest BCUT2D eigenvalue weighted by molar-refractivity contribution is 0.0952. The average molecular weight is 453 g/mol. The van der Waals surface area contributed by atoms with E-state index in [1.54, 1.807) is 0 Å². The number of fused-ring (bicyclic) bond motifs is 1. The quantitative estimate of drug-likeness (QED) is 0.447. The maximum absolute atomic E-state index is 13.0. The van der Waals surface area contributed by atoms with Gasteiger partial charge in [-0.2, -0.15) is 0 Å². The molecule has 0 spiro atoms. The van der Waals surface area contributed by atoms with Crippen molar-refractivity contribution in [3.63, 3.8) is 0 Å². The summed E-state index contributed by atoms with van der Waals surface area (Å²) in [6.45, 7) is 2.92. The van der Waals surface area contributed by atoms with Gasteiger partial charge in [-0.15, -0.1) is 0 Å². The Morgan fingerprint density at radius 1 is 1.00 bits per heavy atom. The number of imidazole rings is 1. The fourth-order valence-electron chi connectivity index (χ4n) is 3.38. The third kappa shape index (κ3) is 4.62. The van der Waals surface area contributed by atoms with Gasteiger partial charge in [-0.25, -0.2) is 17.8 Å². The highest BCUT2D eigenvalue weighted by Crippen LogP contribution is 2.18. The zero-order valence-electron chi connectivity index (χ0n) is 17.2. The molecule has 0 fully saturated rings. The molecule has 0 aliphatic carbocycles. The number of carbonyl (C=O) groups excluding carboxylic acids is 1. The number of sulfonamides is 1. The van der Waals surface area contributed by atoms with Gasteiger partial charge in [0.15, 0.2) is 0 Å². The van der Waals surface area contributed by atoms with E-state index >= 15 is 0 Å². The van der Waals surface area contributed by atoms with Crippen LogP contribution >= 0.6 is 0 Å². The molecule has 0 radical (unpaired) electrons. The molecule has 32 heavy (non-hydrogen) atoms. The van der Waals surface area contributed by atoms with Crippen LogP contribution in [-0.2, 0) is 16.6 Å². The molecule has 4 rings (SSSR count). The first-order valence-electron chi connectivity index (χ1n) is 9.92. The predicted molar refractivity (Wildman–Crippen MR) is 120 cm³/mol. The lowest BCUT2D eigenvalue weighted by Gasteiger charge is -2.10. The largest absolute Gasteiger partial charge is 0.350 e. The predicted octanol–water partition coefficient (Wildman–Crippen LogP) is 3.71. The van der Waals surface area contributed by atoms with Gasteiger partial charge in [-0.3, -0.25) is 9.52 Å². The summed E-state index contributed by atoms with van der Waals surface area (Å²) in [5.41, 5.74) is 2.63. The van der Waals surface area contributed by atoms with E-state index in [2.05, 4.69) is 15.0 Å². The molecule has 2 N–H and O–H groups in total. The number of amides is 1. The number of para-hydroxylation sites is 2. The number of carbonyl (C=O) groups is 1. The van der Waals surface area contributed by atoms with Crippen LogP contribution in [0.5, 0.6) is 0 Å². The molecule has 3 aromatic carbocycles. The minimum Gasteiger partial charge on any atom is -0.350 e. The molecular weight excluding hydrogens is 431 g/mol. The minimum absolute atomic E-state index is 0.0527. The number of hydrogen-bond donors (Lipinski definition) is 2. The van der Waals surface area contributed by atoms with E-state index in [1.165, 1.54) is 36.4 Å². The van der Waals surface area contributed by atoms with Crippen molar-refractivity contribution in [2.75, 3.05) is 11.3 Å². The van der Waals surface area contributed by atoms with Crippen LogP contribution in [0.3, 0.4) is 0 Å². The molecule has 0 saturated heterocycles. The second-order valence-electron chi connectivity index (χ2n) is 7.19. The van der Waals surface area contributed by atoms with Gasteiger partial charge in [-0.05, 0) is 67.6 Å². The SMILES string of the molecule is Cc1nc2ccccc2n1CCNC(=O)c1ccc(NS(=O)(=O)c2ccc(F)cc2)cc1. The number of aromatic nitrogens is 2. The normalized spacial score (nSPS) is 11.4. The zero-order valence-corrected chi connectivity index (χ0v) is 18.1. The Kier molecular flexibility index (Phi) is 5.91. The number of aryl methyl sites for hydroxylation is 1. The molecule has 1 amide bonds. The molecule has 1 aromatic heterocycles. The summed E-state index contributed by atoms with van der Waals surface area (Å²) in [5.74, 6) is 0.0916. The third-order valence-corrected chi connectivity index (χ3v) is 6.39. The minimum atomic E-state index is -3.85. The third-order valence-electron chi connectivity index (χ3n) is 4.99. The topological polar surface area (TPSA) is 93.1 Å². The van der Waals surface area contributed by atoms with Crippen LogP contribution in [0.4, 0.5) is 10.1 Å². The van der Waals surface area contributed by atoms with Gasteiger partial charge in [0, 0.05) is 24.3 Å². The molecule has 164 valence electrons. The van der Waals surface area contributed by atoms with Crippen LogP contribution in [0, 0.1) is 12.7 Å². The monoisotopic (exact) mass is 452 g/mol. The molecule has 0 bridgehead atoms. The number of anilines is 1. The summed E-state index contributed by atoms with van der Waals surface area (Å²) in [6.07, 6.45) is 0. The average Bonchev–Trinajstić information content (AvgIpc) is 3.09. The van der Waals surface area contributed by atoms with Crippen LogP contribution < -0.4 is 10.0 Å². The van der Waals surface area contributed by atoms with Crippen molar-refractivity contribution in [1.29, 1.82) is 0 Å². The molecule has 0 atom stereocenters. The van der Waals surface area contributed by atoms with E-state index in [4.69, 9.17) is 0 Å². The lowest BCUT2D eigenvalue weighted by atomic mass is 10.2. The van der Waals surface area contributed by atoms with Gasteiger partial charge >= 0.3 is 0 Å². The van der Waals surface area contributed by atoms with Crippen molar-refractivity contribution in [2.45, 2.75) is 18.4 Å². The number of halogens is 1. The Morgan fingerprint density at radius 3 is 2.41 bits per heavy atom. The Hall–Kier alpha value is -3.72. The zero-order chi connectivity index (χ0) is 22.7.